The lowest BCUT2D eigenvalue weighted by atomic mass is 10.1. The SMILES string of the molecule is CN(CCc1ccccc1)c1ncc(C(=O)N(CCOc2ccccc2)CCC(=O)O)c(CCCCCNC(=O)OC(C)(C)C)n1. The molecule has 0 unspecified atom stereocenters. The number of hydrogen-bond donors (Lipinski definition) is 2. The minimum Gasteiger partial charge on any atom is -0.492 e. The Morgan fingerprint density at radius 2 is 1.59 bits per heavy atom. The van der Waals surface area contributed by atoms with E-state index in [1.165, 1.54) is 10.5 Å². The molecule has 1 heterocycles. The van der Waals surface area contributed by atoms with Gasteiger partial charge in [0.25, 0.3) is 5.91 Å². The number of carboxylic acid groups (broad SMARTS) is 1. The standard InChI is InChI=1S/C35H47N5O6/c1-35(2,3)46-34(44)36-21-13-7-12-18-30-29(26-37-33(38-30)39(4)22-19-27-14-8-5-9-15-27)32(43)40(23-20-31(41)42)24-25-45-28-16-10-6-11-17-28/h5-6,8-11,14-17,26H,7,12-13,18-25H2,1-4H3,(H,36,44)(H,41,42). The number of ether oxygens (including phenoxy) is 2. The summed E-state index contributed by atoms with van der Waals surface area (Å²) < 4.78 is 11.1. The minimum atomic E-state index is -0.992. The maximum atomic E-state index is 13.9. The number of carbonyl (C=O) groups is 3. The van der Waals surface area contributed by atoms with Crippen molar-refractivity contribution in [2.24, 2.45) is 0 Å². The van der Waals surface area contributed by atoms with Crippen LogP contribution in [0.4, 0.5) is 10.7 Å². The Balaban J connectivity index is 1.71. The van der Waals surface area contributed by atoms with Gasteiger partial charge in [-0.25, -0.2) is 14.8 Å². The largest absolute Gasteiger partial charge is 0.492 e. The van der Waals surface area contributed by atoms with E-state index in [1.54, 1.807) is 6.20 Å². The van der Waals surface area contributed by atoms with Crippen molar-refractivity contribution in [1.82, 2.24) is 20.2 Å². The molecule has 0 aliphatic carbocycles. The fourth-order valence-corrected chi connectivity index (χ4v) is 4.61. The molecule has 0 aliphatic rings. The Labute approximate surface area is 271 Å². The van der Waals surface area contributed by atoms with E-state index in [-0.39, 0.29) is 32.0 Å². The summed E-state index contributed by atoms with van der Waals surface area (Å²) in [5, 5.41) is 12.1. The first kappa shape index (κ1) is 35.8. The fraction of sp³-hybridized carbons (Fsp3) is 0.457. The van der Waals surface area contributed by atoms with Gasteiger partial charge in [0.2, 0.25) is 5.95 Å². The molecule has 0 saturated carbocycles. The third kappa shape index (κ3) is 13.1. The van der Waals surface area contributed by atoms with Gasteiger partial charge in [-0.1, -0.05) is 55.0 Å². The van der Waals surface area contributed by atoms with E-state index in [0.29, 0.717) is 42.5 Å². The Morgan fingerprint density at radius 1 is 0.891 bits per heavy atom. The number of aryl methyl sites for hydroxylation is 1. The number of amides is 2. The highest BCUT2D eigenvalue weighted by molar-refractivity contribution is 5.95. The second-order valence-electron chi connectivity index (χ2n) is 12.0. The Hall–Kier alpha value is -4.67. The molecule has 0 atom stereocenters. The highest BCUT2D eigenvalue weighted by Crippen LogP contribution is 2.18. The predicted molar refractivity (Wildman–Crippen MR) is 177 cm³/mol. The highest BCUT2D eigenvalue weighted by Gasteiger charge is 2.23. The normalized spacial score (nSPS) is 11.0. The Bertz CT molecular complexity index is 1380. The smallest absolute Gasteiger partial charge is 0.407 e. The third-order valence-electron chi connectivity index (χ3n) is 7.02. The van der Waals surface area contributed by atoms with Gasteiger partial charge in [-0.3, -0.25) is 9.59 Å². The number of unbranched alkanes of at least 4 members (excludes halogenated alkanes) is 2. The summed E-state index contributed by atoms with van der Waals surface area (Å²) in [7, 11) is 1.92. The van der Waals surface area contributed by atoms with Crippen molar-refractivity contribution in [3.8, 4) is 5.75 Å². The van der Waals surface area contributed by atoms with Crippen LogP contribution in [0.15, 0.2) is 66.9 Å². The third-order valence-corrected chi connectivity index (χ3v) is 7.02. The van der Waals surface area contributed by atoms with Gasteiger partial charge >= 0.3 is 12.1 Å². The van der Waals surface area contributed by atoms with Crippen molar-refractivity contribution < 1.29 is 29.0 Å². The van der Waals surface area contributed by atoms with Crippen LogP contribution in [0.3, 0.4) is 0 Å². The van der Waals surface area contributed by atoms with Crippen LogP contribution < -0.4 is 15.0 Å². The summed E-state index contributed by atoms with van der Waals surface area (Å²) >= 11 is 0. The number of nitrogens with zero attached hydrogens (tertiary/aromatic N) is 4. The van der Waals surface area contributed by atoms with Gasteiger partial charge < -0.3 is 29.7 Å². The number of benzene rings is 2. The predicted octanol–water partition coefficient (Wildman–Crippen LogP) is 5.39. The number of anilines is 1. The molecule has 0 bridgehead atoms. The number of para-hydroxylation sites is 1. The van der Waals surface area contributed by atoms with Crippen LogP contribution in [0.5, 0.6) is 5.75 Å². The van der Waals surface area contributed by atoms with Crippen molar-refractivity contribution in [2.75, 3.05) is 44.7 Å². The van der Waals surface area contributed by atoms with Gasteiger partial charge in [0.05, 0.1) is 24.2 Å². The van der Waals surface area contributed by atoms with Crippen molar-refractivity contribution >= 4 is 23.9 Å². The van der Waals surface area contributed by atoms with Crippen molar-refractivity contribution in [3.63, 3.8) is 0 Å². The second-order valence-corrected chi connectivity index (χ2v) is 12.0. The maximum Gasteiger partial charge on any atom is 0.407 e. The van der Waals surface area contributed by atoms with E-state index in [2.05, 4.69) is 22.4 Å². The zero-order chi connectivity index (χ0) is 33.4. The molecular formula is C35H47N5O6. The Morgan fingerprint density at radius 3 is 2.26 bits per heavy atom. The van der Waals surface area contributed by atoms with Gasteiger partial charge in [-0.2, -0.15) is 0 Å². The minimum absolute atomic E-state index is 0.0286. The molecule has 1 aromatic heterocycles. The van der Waals surface area contributed by atoms with E-state index in [1.807, 2.05) is 81.2 Å². The van der Waals surface area contributed by atoms with Crippen LogP contribution in [0.1, 0.15) is 68.1 Å². The van der Waals surface area contributed by atoms with E-state index in [4.69, 9.17) is 14.5 Å². The molecule has 3 rings (SSSR count). The topological polar surface area (TPSA) is 134 Å². The maximum absolute atomic E-state index is 13.9. The van der Waals surface area contributed by atoms with Crippen LogP contribution in [-0.2, 0) is 22.4 Å². The number of nitrogens with one attached hydrogen (secondary N) is 1. The molecule has 248 valence electrons. The number of rotatable bonds is 18. The summed E-state index contributed by atoms with van der Waals surface area (Å²) in [6.45, 7) is 7.06. The lowest BCUT2D eigenvalue weighted by molar-refractivity contribution is -0.137. The molecule has 0 fully saturated rings. The summed E-state index contributed by atoms with van der Waals surface area (Å²) in [4.78, 5) is 50.0. The van der Waals surface area contributed by atoms with Gasteiger partial charge in [0.1, 0.15) is 18.0 Å². The molecule has 3 aromatic rings. The number of carboxylic acids is 1. The molecule has 0 saturated heterocycles. The molecule has 0 spiro atoms. The van der Waals surface area contributed by atoms with Crippen molar-refractivity contribution in [3.05, 3.63) is 83.7 Å². The van der Waals surface area contributed by atoms with E-state index in [0.717, 1.165) is 25.7 Å². The summed E-state index contributed by atoms with van der Waals surface area (Å²) in [5.74, 6) is -0.147. The monoisotopic (exact) mass is 633 g/mol. The van der Waals surface area contributed by atoms with Crippen molar-refractivity contribution in [2.45, 2.75) is 64.9 Å². The first-order valence-corrected chi connectivity index (χ1v) is 15.8. The van der Waals surface area contributed by atoms with Gasteiger partial charge in [0, 0.05) is 32.9 Å². The number of alkyl carbamates (subject to hydrolysis) is 1. The van der Waals surface area contributed by atoms with Crippen molar-refractivity contribution in [1.29, 1.82) is 0 Å². The summed E-state index contributed by atoms with van der Waals surface area (Å²) in [6, 6.07) is 19.4. The first-order valence-electron chi connectivity index (χ1n) is 15.8. The summed E-state index contributed by atoms with van der Waals surface area (Å²) in [5.41, 5.74) is 1.59. The quantitative estimate of drug-likeness (QED) is 0.177. The van der Waals surface area contributed by atoms with Crippen LogP contribution in [0.25, 0.3) is 0 Å². The lowest BCUT2D eigenvalue weighted by Gasteiger charge is -2.24. The van der Waals surface area contributed by atoms with Crippen LogP contribution in [-0.4, -0.2) is 83.4 Å². The van der Waals surface area contributed by atoms with E-state index < -0.39 is 17.7 Å². The molecule has 0 radical (unpaired) electrons. The van der Waals surface area contributed by atoms with Gasteiger partial charge in [-0.15, -0.1) is 0 Å². The van der Waals surface area contributed by atoms with Crippen LogP contribution >= 0.6 is 0 Å². The number of likely N-dealkylation sites (N-methyl/N-ethyl adjacent to an activating group) is 1. The van der Waals surface area contributed by atoms with Crippen LogP contribution in [0.2, 0.25) is 0 Å². The molecule has 11 heteroatoms. The lowest BCUT2D eigenvalue weighted by Crippen LogP contribution is -2.37. The van der Waals surface area contributed by atoms with Crippen LogP contribution in [0, 0.1) is 0 Å². The van der Waals surface area contributed by atoms with E-state index >= 15 is 0 Å². The molecule has 46 heavy (non-hydrogen) atoms. The number of carbonyl (C=O) groups excluding carboxylic acids is 2. The Kier molecular flexibility index (Phi) is 14.3. The average Bonchev–Trinajstić information content (AvgIpc) is 3.02. The molecule has 2 N–H and O–H groups in total. The number of hydrogen-bond acceptors (Lipinski definition) is 8. The van der Waals surface area contributed by atoms with Gasteiger partial charge in [-0.05, 0) is 64.2 Å². The fourth-order valence-electron chi connectivity index (χ4n) is 4.61. The van der Waals surface area contributed by atoms with Gasteiger partial charge in [0.15, 0.2) is 0 Å². The molecule has 0 aliphatic heterocycles. The zero-order valence-corrected chi connectivity index (χ0v) is 27.4. The number of aromatic nitrogens is 2. The average molecular weight is 634 g/mol. The highest BCUT2D eigenvalue weighted by atomic mass is 16.6. The zero-order valence-electron chi connectivity index (χ0n) is 27.4. The molecular weight excluding hydrogens is 586 g/mol. The summed E-state index contributed by atoms with van der Waals surface area (Å²) in [6.07, 6.45) is 4.49. The van der Waals surface area contributed by atoms with E-state index in [9.17, 15) is 19.5 Å². The molecule has 11 nitrogen and oxygen atoms in total. The second kappa shape index (κ2) is 18.3. The molecule has 2 amide bonds. The molecule has 2 aromatic carbocycles. The first-order chi connectivity index (χ1) is 22.0. The number of aliphatic carboxylic acids is 1.